The molecule has 1 amide bonds. The second-order valence-corrected chi connectivity index (χ2v) is 8.47. The first-order valence-corrected chi connectivity index (χ1v) is 9.35. The predicted octanol–water partition coefficient (Wildman–Crippen LogP) is 1.54. The third-order valence-electron chi connectivity index (χ3n) is 4.19. The molecule has 0 aliphatic carbocycles. The summed E-state index contributed by atoms with van der Waals surface area (Å²) in [6.07, 6.45) is 1.20. The SMILES string of the molecule is CC(C(C)S(C)(=O)=O)N(C)CC(=O)N(C)Cc1ccc(F)cc1. The molecule has 0 aliphatic rings. The van der Waals surface area contributed by atoms with E-state index in [1.807, 2.05) is 0 Å². The summed E-state index contributed by atoms with van der Waals surface area (Å²) in [7, 11) is 0.245. The van der Waals surface area contributed by atoms with E-state index in [0.29, 0.717) is 6.54 Å². The van der Waals surface area contributed by atoms with E-state index in [1.54, 1.807) is 49.9 Å². The molecule has 0 N–H and O–H groups in total. The van der Waals surface area contributed by atoms with E-state index in [1.165, 1.54) is 18.4 Å². The number of carbonyl (C=O) groups excluding carboxylic acids is 1. The lowest BCUT2D eigenvalue weighted by Crippen LogP contribution is -2.46. The average Bonchev–Trinajstić information content (AvgIpc) is 2.46. The molecule has 0 saturated heterocycles. The van der Waals surface area contributed by atoms with Crippen molar-refractivity contribution in [3.05, 3.63) is 35.6 Å². The molecule has 1 aromatic rings. The van der Waals surface area contributed by atoms with Crippen molar-refractivity contribution in [1.82, 2.24) is 9.80 Å². The normalized spacial score (nSPS) is 14.6. The van der Waals surface area contributed by atoms with E-state index in [-0.39, 0.29) is 24.3 Å². The number of likely N-dealkylation sites (N-methyl/N-ethyl adjacent to an activating group) is 2. The fourth-order valence-electron chi connectivity index (χ4n) is 2.15. The number of sulfone groups is 1. The molecule has 0 bridgehead atoms. The molecule has 130 valence electrons. The van der Waals surface area contributed by atoms with Crippen molar-refractivity contribution in [3.8, 4) is 0 Å². The number of amides is 1. The first kappa shape index (κ1) is 19.6. The van der Waals surface area contributed by atoms with Crippen molar-refractivity contribution in [2.24, 2.45) is 0 Å². The molecule has 0 aromatic heterocycles. The number of hydrogen-bond acceptors (Lipinski definition) is 4. The van der Waals surface area contributed by atoms with Crippen LogP contribution in [0.3, 0.4) is 0 Å². The van der Waals surface area contributed by atoms with Gasteiger partial charge in [0.25, 0.3) is 0 Å². The molecule has 0 fully saturated rings. The smallest absolute Gasteiger partial charge is 0.236 e. The predicted molar refractivity (Wildman–Crippen MR) is 89.3 cm³/mol. The van der Waals surface area contributed by atoms with Gasteiger partial charge in [-0.2, -0.15) is 0 Å². The Labute approximate surface area is 138 Å². The molecule has 0 spiro atoms. The monoisotopic (exact) mass is 344 g/mol. The Balaban J connectivity index is 2.62. The molecule has 0 aliphatic heterocycles. The zero-order chi connectivity index (χ0) is 17.8. The second kappa shape index (κ2) is 7.88. The number of rotatable bonds is 7. The highest BCUT2D eigenvalue weighted by molar-refractivity contribution is 7.91. The second-order valence-electron chi connectivity index (χ2n) is 6.07. The zero-order valence-corrected chi connectivity index (χ0v) is 15.1. The van der Waals surface area contributed by atoms with Crippen LogP contribution in [0.2, 0.25) is 0 Å². The van der Waals surface area contributed by atoms with E-state index >= 15 is 0 Å². The summed E-state index contributed by atoms with van der Waals surface area (Å²) >= 11 is 0. The molecule has 2 atom stereocenters. The summed E-state index contributed by atoms with van der Waals surface area (Å²) in [6.45, 7) is 3.93. The Morgan fingerprint density at radius 2 is 1.70 bits per heavy atom. The van der Waals surface area contributed by atoms with Crippen LogP contribution in [0.1, 0.15) is 19.4 Å². The summed E-state index contributed by atoms with van der Waals surface area (Å²) in [5, 5.41) is -0.553. The van der Waals surface area contributed by atoms with Crippen LogP contribution in [0, 0.1) is 5.82 Å². The quantitative estimate of drug-likeness (QED) is 0.753. The lowest BCUT2D eigenvalue weighted by atomic mass is 10.2. The van der Waals surface area contributed by atoms with Gasteiger partial charge in [-0.05, 0) is 38.6 Å². The van der Waals surface area contributed by atoms with E-state index < -0.39 is 15.1 Å². The number of benzene rings is 1. The molecule has 5 nitrogen and oxygen atoms in total. The summed E-state index contributed by atoms with van der Waals surface area (Å²) < 4.78 is 36.1. The van der Waals surface area contributed by atoms with Gasteiger partial charge in [0.1, 0.15) is 5.82 Å². The van der Waals surface area contributed by atoms with Crippen LogP contribution in [-0.4, -0.2) is 62.3 Å². The van der Waals surface area contributed by atoms with Crippen LogP contribution in [0.5, 0.6) is 0 Å². The molecular formula is C16H25FN2O3S. The molecule has 1 aromatic carbocycles. The van der Waals surface area contributed by atoms with Gasteiger partial charge < -0.3 is 4.90 Å². The van der Waals surface area contributed by atoms with Crippen molar-refractivity contribution in [3.63, 3.8) is 0 Å². The highest BCUT2D eigenvalue weighted by atomic mass is 32.2. The first-order valence-electron chi connectivity index (χ1n) is 7.40. The minimum Gasteiger partial charge on any atom is -0.340 e. The minimum atomic E-state index is -3.16. The Kier molecular flexibility index (Phi) is 6.70. The lowest BCUT2D eigenvalue weighted by molar-refractivity contribution is -0.131. The Morgan fingerprint density at radius 3 is 2.17 bits per heavy atom. The van der Waals surface area contributed by atoms with Crippen LogP contribution in [0.25, 0.3) is 0 Å². The van der Waals surface area contributed by atoms with Crippen LogP contribution in [0.4, 0.5) is 4.39 Å². The summed E-state index contributed by atoms with van der Waals surface area (Å²) in [5.74, 6) is -0.435. The van der Waals surface area contributed by atoms with Crippen molar-refractivity contribution < 1.29 is 17.6 Å². The summed E-state index contributed by atoms with van der Waals surface area (Å²) in [5.41, 5.74) is 0.836. The number of carbonyl (C=O) groups is 1. The molecule has 2 unspecified atom stereocenters. The fourth-order valence-corrected chi connectivity index (χ4v) is 3.07. The maximum Gasteiger partial charge on any atom is 0.236 e. The molecule has 7 heteroatoms. The van der Waals surface area contributed by atoms with Gasteiger partial charge in [0.2, 0.25) is 5.91 Å². The van der Waals surface area contributed by atoms with Gasteiger partial charge >= 0.3 is 0 Å². The maximum absolute atomic E-state index is 12.9. The van der Waals surface area contributed by atoms with E-state index in [0.717, 1.165) is 5.56 Å². The van der Waals surface area contributed by atoms with Gasteiger partial charge in [0, 0.05) is 25.9 Å². The topological polar surface area (TPSA) is 57.7 Å². The van der Waals surface area contributed by atoms with Gasteiger partial charge in [-0.3, -0.25) is 9.69 Å². The Bertz CT molecular complexity index is 631. The zero-order valence-electron chi connectivity index (χ0n) is 14.3. The number of hydrogen-bond donors (Lipinski definition) is 0. The molecule has 1 rings (SSSR count). The highest BCUT2D eigenvalue weighted by Gasteiger charge is 2.26. The minimum absolute atomic E-state index is 0.121. The Morgan fingerprint density at radius 1 is 1.17 bits per heavy atom. The van der Waals surface area contributed by atoms with Gasteiger partial charge in [-0.1, -0.05) is 12.1 Å². The van der Waals surface area contributed by atoms with Gasteiger partial charge in [-0.15, -0.1) is 0 Å². The third-order valence-corrected chi connectivity index (χ3v) is 5.94. The fraction of sp³-hybridized carbons (Fsp3) is 0.562. The lowest BCUT2D eigenvalue weighted by Gasteiger charge is -2.29. The van der Waals surface area contributed by atoms with Gasteiger partial charge in [0.05, 0.1) is 11.8 Å². The standard InChI is InChI=1S/C16H25FN2O3S/c1-12(13(2)23(5,21)22)18(3)11-16(20)19(4)10-14-6-8-15(17)9-7-14/h6-9,12-13H,10-11H2,1-5H3. The summed E-state index contributed by atoms with van der Waals surface area (Å²) in [6, 6.07) is 5.72. The maximum atomic E-state index is 12.9. The highest BCUT2D eigenvalue weighted by Crippen LogP contribution is 2.11. The molecular weight excluding hydrogens is 319 g/mol. The van der Waals surface area contributed by atoms with Gasteiger partial charge in [-0.25, -0.2) is 12.8 Å². The molecule has 0 heterocycles. The van der Waals surface area contributed by atoms with E-state index in [4.69, 9.17) is 0 Å². The van der Waals surface area contributed by atoms with Crippen LogP contribution >= 0.6 is 0 Å². The Hall–Kier alpha value is -1.47. The largest absolute Gasteiger partial charge is 0.340 e. The first-order chi connectivity index (χ1) is 10.5. The molecule has 23 heavy (non-hydrogen) atoms. The van der Waals surface area contributed by atoms with Crippen LogP contribution in [-0.2, 0) is 21.2 Å². The van der Waals surface area contributed by atoms with E-state index in [9.17, 15) is 17.6 Å². The average molecular weight is 344 g/mol. The van der Waals surface area contributed by atoms with Gasteiger partial charge in [0.15, 0.2) is 9.84 Å². The van der Waals surface area contributed by atoms with Crippen LogP contribution < -0.4 is 0 Å². The molecule has 0 radical (unpaired) electrons. The van der Waals surface area contributed by atoms with Crippen molar-refractivity contribution in [2.45, 2.75) is 31.7 Å². The van der Waals surface area contributed by atoms with Crippen LogP contribution in [0.15, 0.2) is 24.3 Å². The molecule has 0 saturated carbocycles. The number of nitrogens with zero attached hydrogens (tertiary/aromatic N) is 2. The summed E-state index contributed by atoms with van der Waals surface area (Å²) in [4.78, 5) is 15.5. The van der Waals surface area contributed by atoms with E-state index in [2.05, 4.69) is 0 Å². The third kappa shape index (κ3) is 5.91. The van der Waals surface area contributed by atoms with Crippen molar-refractivity contribution in [1.29, 1.82) is 0 Å². The number of halogens is 1. The van der Waals surface area contributed by atoms with Crippen molar-refractivity contribution in [2.75, 3.05) is 26.9 Å². The van der Waals surface area contributed by atoms with Crippen molar-refractivity contribution >= 4 is 15.7 Å².